The van der Waals surface area contributed by atoms with E-state index in [1.54, 1.807) is 12.1 Å². The van der Waals surface area contributed by atoms with Crippen molar-refractivity contribution in [1.82, 2.24) is 4.90 Å². The largest absolute Gasteiger partial charge is 0.457 e. The molecule has 144 valence electrons. The van der Waals surface area contributed by atoms with Crippen molar-refractivity contribution in [3.8, 4) is 11.5 Å². The van der Waals surface area contributed by atoms with E-state index >= 15 is 0 Å². The predicted octanol–water partition coefficient (Wildman–Crippen LogP) is 1.95. The second kappa shape index (κ2) is 8.94. The lowest BCUT2D eigenvalue weighted by Gasteiger charge is -2.34. The first-order valence-electron chi connectivity index (χ1n) is 8.88. The van der Waals surface area contributed by atoms with Crippen LogP contribution in [0.5, 0.6) is 11.5 Å². The molecule has 2 aromatic carbocycles. The highest BCUT2D eigenvalue weighted by atomic mass is 19.1. The molecule has 1 amide bonds. The Morgan fingerprint density at radius 2 is 2.00 bits per heavy atom. The molecule has 2 aromatic rings. The summed E-state index contributed by atoms with van der Waals surface area (Å²) in [6.45, 7) is 1.22. The van der Waals surface area contributed by atoms with Crippen LogP contribution in [0.1, 0.15) is 15.9 Å². The first-order chi connectivity index (χ1) is 13.1. The first kappa shape index (κ1) is 19.3. The van der Waals surface area contributed by atoms with E-state index in [1.807, 2.05) is 12.1 Å². The van der Waals surface area contributed by atoms with Crippen molar-refractivity contribution in [2.24, 2.45) is 5.73 Å². The summed E-state index contributed by atoms with van der Waals surface area (Å²) in [4.78, 5) is 14.2. The van der Waals surface area contributed by atoms with E-state index in [-0.39, 0.29) is 18.8 Å². The number of hydrogen-bond donors (Lipinski definition) is 2. The number of aliphatic hydroxyl groups excluding tert-OH is 1. The Bertz CT molecular complexity index is 782. The van der Waals surface area contributed by atoms with Crippen molar-refractivity contribution in [3.05, 3.63) is 59.4 Å². The Labute approximate surface area is 157 Å². The van der Waals surface area contributed by atoms with E-state index in [9.17, 15) is 14.3 Å². The summed E-state index contributed by atoms with van der Waals surface area (Å²) in [5.41, 5.74) is 6.55. The molecule has 3 rings (SSSR count). The van der Waals surface area contributed by atoms with Gasteiger partial charge in [0.05, 0.1) is 31.4 Å². The monoisotopic (exact) mass is 374 g/mol. The van der Waals surface area contributed by atoms with Crippen molar-refractivity contribution >= 4 is 5.91 Å². The molecule has 0 spiro atoms. The van der Waals surface area contributed by atoms with Crippen molar-refractivity contribution in [1.29, 1.82) is 0 Å². The third kappa shape index (κ3) is 4.63. The van der Waals surface area contributed by atoms with E-state index in [1.165, 1.54) is 23.1 Å². The van der Waals surface area contributed by atoms with Gasteiger partial charge in [0.25, 0.3) is 5.91 Å². The molecule has 1 heterocycles. The molecule has 6 nitrogen and oxygen atoms in total. The molecule has 7 heteroatoms. The van der Waals surface area contributed by atoms with Gasteiger partial charge in [-0.25, -0.2) is 4.39 Å². The van der Waals surface area contributed by atoms with Crippen LogP contribution in [0.4, 0.5) is 4.39 Å². The van der Waals surface area contributed by atoms with Gasteiger partial charge in [-0.15, -0.1) is 0 Å². The number of rotatable bonds is 6. The highest BCUT2D eigenvalue weighted by Gasteiger charge is 2.29. The molecule has 3 N–H and O–H groups in total. The fourth-order valence-corrected chi connectivity index (χ4v) is 2.99. The van der Waals surface area contributed by atoms with Crippen LogP contribution >= 0.6 is 0 Å². The molecule has 0 aromatic heterocycles. The maximum atomic E-state index is 14.3. The van der Waals surface area contributed by atoms with Crippen LogP contribution in [0.15, 0.2) is 42.5 Å². The Morgan fingerprint density at radius 3 is 2.70 bits per heavy atom. The number of ether oxygens (including phenoxy) is 2. The Kier molecular flexibility index (Phi) is 6.39. The van der Waals surface area contributed by atoms with Crippen molar-refractivity contribution in [2.45, 2.75) is 12.5 Å². The lowest BCUT2D eigenvalue weighted by molar-refractivity contribution is -0.0186. The van der Waals surface area contributed by atoms with Crippen LogP contribution in [-0.4, -0.2) is 54.9 Å². The van der Waals surface area contributed by atoms with Gasteiger partial charge in [-0.1, -0.05) is 12.1 Å². The van der Waals surface area contributed by atoms with Crippen LogP contribution in [-0.2, 0) is 11.2 Å². The van der Waals surface area contributed by atoms with Crippen LogP contribution in [0.25, 0.3) is 0 Å². The fraction of sp³-hybridized carbons (Fsp3) is 0.350. The number of aliphatic hydroxyl groups is 1. The third-order valence-electron chi connectivity index (χ3n) is 4.46. The third-order valence-corrected chi connectivity index (χ3v) is 4.46. The van der Waals surface area contributed by atoms with Gasteiger partial charge in [0.2, 0.25) is 0 Å². The SMILES string of the molecule is NCCc1ccc(Oc2ccc(F)c(C(=O)N3CCOCC3CO)c2)cc1. The van der Waals surface area contributed by atoms with Gasteiger partial charge >= 0.3 is 0 Å². The molecule has 0 radical (unpaired) electrons. The van der Waals surface area contributed by atoms with E-state index in [4.69, 9.17) is 15.2 Å². The molecule has 1 aliphatic heterocycles. The number of morpholine rings is 1. The van der Waals surface area contributed by atoms with Crippen molar-refractivity contribution < 1.29 is 23.8 Å². The van der Waals surface area contributed by atoms with Gasteiger partial charge in [0, 0.05) is 6.54 Å². The van der Waals surface area contributed by atoms with Gasteiger partial charge in [0.1, 0.15) is 17.3 Å². The Balaban J connectivity index is 1.78. The molecule has 1 fully saturated rings. The van der Waals surface area contributed by atoms with Gasteiger partial charge in [-0.3, -0.25) is 4.79 Å². The van der Waals surface area contributed by atoms with Crippen LogP contribution in [0, 0.1) is 5.82 Å². The first-order valence-corrected chi connectivity index (χ1v) is 8.88. The Hall–Kier alpha value is -2.48. The summed E-state index contributed by atoms with van der Waals surface area (Å²) >= 11 is 0. The molecule has 0 bridgehead atoms. The van der Waals surface area contributed by atoms with E-state index < -0.39 is 17.8 Å². The van der Waals surface area contributed by atoms with E-state index in [0.29, 0.717) is 31.2 Å². The average Bonchev–Trinajstić information content (AvgIpc) is 2.70. The number of nitrogens with two attached hydrogens (primary N) is 1. The fourth-order valence-electron chi connectivity index (χ4n) is 2.99. The summed E-state index contributed by atoms with van der Waals surface area (Å²) < 4.78 is 25.3. The van der Waals surface area contributed by atoms with Crippen LogP contribution in [0.3, 0.4) is 0 Å². The zero-order valence-electron chi connectivity index (χ0n) is 14.9. The maximum Gasteiger partial charge on any atom is 0.257 e. The van der Waals surface area contributed by atoms with Crippen LogP contribution < -0.4 is 10.5 Å². The number of amides is 1. The molecule has 0 saturated carbocycles. The highest BCUT2D eigenvalue weighted by Crippen LogP contribution is 2.25. The maximum absolute atomic E-state index is 14.3. The molecule has 1 aliphatic rings. The van der Waals surface area contributed by atoms with E-state index in [0.717, 1.165) is 12.0 Å². The second-order valence-electron chi connectivity index (χ2n) is 6.34. The standard InChI is InChI=1S/C20H23FN2O4/c21-19-6-5-17(27-16-3-1-14(2-4-16)7-8-22)11-18(19)20(25)23-9-10-26-13-15(23)12-24/h1-6,11,15,24H,7-10,12-13,22H2. The minimum Gasteiger partial charge on any atom is -0.457 e. The summed E-state index contributed by atoms with van der Waals surface area (Å²) in [5.74, 6) is -0.173. The summed E-state index contributed by atoms with van der Waals surface area (Å²) in [6.07, 6.45) is 0.779. The quantitative estimate of drug-likeness (QED) is 0.807. The summed E-state index contributed by atoms with van der Waals surface area (Å²) in [7, 11) is 0. The molecule has 1 unspecified atom stereocenters. The topological polar surface area (TPSA) is 85.0 Å². The minimum atomic E-state index is -0.631. The molecule has 1 atom stereocenters. The van der Waals surface area contributed by atoms with Crippen LogP contribution in [0.2, 0.25) is 0 Å². The molecular weight excluding hydrogens is 351 g/mol. The summed E-state index contributed by atoms with van der Waals surface area (Å²) in [6, 6.07) is 11.0. The highest BCUT2D eigenvalue weighted by molar-refractivity contribution is 5.95. The lowest BCUT2D eigenvalue weighted by atomic mass is 10.1. The smallest absolute Gasteiger partial charge is 0.257 e. The number of hydrogen-bond acceptors (Lipinski definition) is 5. The van der Waals surface area contributed by atoms with E-state index in [2.05, 4.69) is 0 Å². The normalized spacial score (nSPS) is 17.0. The van der Waals surface area contributed by atoms with Gasteiger partial charge in [-0.05, 0) is 48.9 Å². The second-order valence-corrected chi connectivity index (χ2v) is 6.34. The summed E-state index contributed by atoms with van der Waals surface area (Å²) in [5, 5.41) is 9.44. The number of carbonyl (C=O) groups excluding carboxylic acids is 1. The molecule has 0 aliphatic carbocycles. The number of benzene rings is 2. The Morgan fingerprint density at radius 1 is 1.26 bits per heavy atom. The van der Waals surface area contributed by atoms with Gasteiger partial charge < -0.3 is 25.2 Å². The number of nitrogens with zero attached hydrogens (tertiary/aromatic N) is 1. The average molecular weight is 374 g/mol. The zero-order valence-corrected chi connectivity index (χ0v) is 14.9. The van der Waals surface area contributed by atoms with Crippen molar-refractivity contribution in [3.63, 3.8) is 0 Å². The number of carbonyl (C=O) groups is 1. The minimum absolute atomic E-state index is 0.0902. The molecular formula is C20H23FN2O4. The van der Waals surface area contributed by atoms with Gasteiger partial charge in [-0.2, -0.15) is 0 Å². The zero-order chi connectivity index (χ0) is 19.2. The molecule has 1 saturated heterocycles. The number of halogens is 1. The molecule has 27 heavy (non-hydrogen) atoms. The predicted molar refractivity (Wildman–Crippen MR) is 98.4 cm³/mol. The lowest BCUT2D eigenvalue weighted by Crippen LogP contribution is -2.50. The van der Waals surface area contributed by atoms with Gasteiger partial charge in [0.15, 0.2) is 0 Å². The van der Waals surface area contributed by atoms with Crippen molar-refractivity contribution in [2.75, 3.05) is 32.9 Å².